The maximum absolute atomic E-state index is 13.0. The topological polar surface area (TPSA) is 46.9 Å². The van der Waals surface area contributed by atoms with E-state index in [-0.39, 0.29) is 17.8 Å². The van der Waals surface area contributed by atoms with Crippen LogP contribution < -0.4 is 5.32 Å². The van der Waals surface area contributed by atoms with Crippen LogP contribution in [-0.4, -0.2) is 15.7 Å². The first-order valence-electron chi connectivity index (χ1n) is 6.34. The fraction of sp³-hybridized carbons (Fsp3) is 0.200. The molecule has 0 unspecified atom stereocenters. The zero-order valence-electron chi connectivity index (χ0n) is 11.4. The number of hydrogen-bond donors (Lipinski definition) is 1. The minimum Gasteiger partial charge on any atom is -0.307 e. The van der Waals surface area contributed by atoms with Crippen LogP contribution in [0.25, 0.3) is 6.08 Å². The molecule has 1 heterocycles. The quantitative estimate of drug-likeness (QED) is 0.869. The Balaban J connectivity index is 2.04. The maximum atomic E-state index is 13.0. The van der Waals surface area contributed by atoms with E-state index in [1.807, 2.05) is 13.8 Å². The molecule has 0 saturated heterocycles. The van der Waals surface area contributed by atoms with Gasteiger partial charge in [-0.25, -0.2) is 9.07 Å². The Morgan fingerprint density at radius 2 is 2.20 bits per heavy atom. The van der Waals surface area contributed by atoms with Crippen molar-refractivity contribution in [1.82, 2.24) is 9.78 Å². The first-order valence-corrected chi connectivity index (χ1v) is 6.34. The average Bonchev–Trinajstić information content (AvgIpc) is 2.85. The highest BCUT2D eigenvalue weighted by atomic mass is 19.1. The lowest BCUT2D eigenvalue weighted by molar-refractivity contribution is -0.111. The molecule has 0 spiro atoms. The predicted octanol–water partition coefficient (Wildman–Crippen LogP) is 3.26. The van der Waals surface area contributed by atoms with Gasteiger partial charge in [0.05, 0.1) is 6.20 Å². The standard InChI is InChI=1S/C15H16FN3O/c1-11(2)19-14(8-9-17-19)18-15(20)7-6-12-4-3-5-13(16)10-12/h3-11H,1-2H3,(H,18,20). The Morgan fingerprint density at radius 3 is 2.90 bits per heavy atom. The van der Waals surface area contributed by atoms with E-state index in [1.165, 1.54) is 18.2 Å². The lowest BCUT2D eigenvalue weighted by Crippen LogP contribution is -2.14. The molecule has 104 valence electrons. The molecule has 0 saturated carbocycles. The van der Waals surface area contributed by atoms with Gasteiger partial charge in [0.1, 0.15) is 11.6 Å². The second kappa shape index (κ2) is 6.14. The summed E-state index contributed by atoms with van der Waals surface area (Å²) in [7, 11) is 0. The molecule has 0 aliphatic rings. The van der Waals surface area contributed by atoms with Gasteiger partial charge in [0.25, 0.3) is 0 Å². The van der Waals surface area contributed by atoms with Crippen molar-refractivity contribution in [2.24, 2.45) is 0 Å². The third-order valence-electron chi connectivity index (χ3n) is 2.69. The number of benzene rings is 1. The number of rotatable bonds is 4. The average molecular weight is 273 g/mol. The SMILES string of the molecule is CC(C)n1nccc1NC(=O)C=Cc1cccc(F)c1. The first kappa shape index (κ1) is 14.0. The van der Waals surface area contributed by atoms with Crippen molar-refractivity contribution in [3.8, 4) is 0 Å². The van der Waals surface area contributed by atoms with Crippen molar-refractivity contribution in [1.29, 1.82) is 0 Å². The van der Waals surface area contributed by atoms with Gasteiger partial charge in [-0.2, -0.15) is 5.10 Å². The fourth-order valence-electron chi connectivity index (χ4n) is 1.77. The molecule has 1 N–H and O–H groups in total. The number of aromatic nitrogens is 2. The molecule has 4 nitrogen and oxygen atoms in total. The number of amides is 1. The van der Waals surface area contributed by atoms with Gasteiger partial charge in [0.15, 0.2) is 0 Å². The summed E-state index contributed by atoms with van der Waals surface area (Å²) in [4.78, 5) is 11.8. The Labute approximate surface area is 116 Å². The van der Waals surface area contributed by atoms with Crippen molar-refractivity contribution in [2.45, 2.75) is 19.9 Å². The zero-order chi connectivity index (χ0) is 14.5. The van der Waals surface area contributed by atoms with E-state index in [0.717, 1.165) is 0 Å². The second-order valence-electron chi connectivity index (χ2n) is 4.63. The van der Waals surface area contributed by atoms with Crippen LogP contribution in [0.4, 0.5) is 10.2 Å². The van der Waals surface area contributed by atoms with Gasteiger partial charge in [-0.1, -0.05) is 12.1 Å². The molecule has 0 aliphatic carbocycles. The number of carbonyl (C=O) groups excluding carboxylic acids is 1. The molecule has 0 fully saturated rings. The van der Waals surface area contributed by atoms with Crippen molar-refractivity contribution in [3.05, 3.63) is 54.0 Å². The van der Waals surface area contributed by atoms with Crippen LogP contribution in [0, 0.1) is 5.82 Å². The Kier molecular flexibility index (Phi) is 4.30. The van der Waals surface area contributed by atoms with Crippen LogP contribution in [0.5, 0.6) is 0 Å². The minimum atomic E-state index is -0.328. The molecule has 0 aliphatic heterocycles. The minimum absolute atomic E-state index is 0.160. The van der Waals surface area contributed by atoms with E-state index < -0.39 is 0 Å². The van der Waals surface area contributed by atoms with Crippen molar-refractivity contribution < 1.29 is 9.18 Å². The Bertz CT molecular complexity index is 632. The number of hydrogen-bond acceptors (Lipinski definition) is 2. The van der Waals surface area contributed by atoms with Crippen molar-refractivity contribution >= 4 is 17.8 Å². The van der Waals surface area contributed by atoms with Gasteiger partial charge >= 0.3 is 0 Å². The predicted molar refractivity (Wildman–Crippen MR) is 76.7 cm³/mol. The fourth-order valence-corrected chi connectivity index (χ4v) is 1.77. The molecule has 2 aromatic rings. The van der Waals surface area contributed by atoms with E-state index in [2.05, 4.69) is 10.4 Å². The normalized spacial score (nSPS) is 11.2. The lowest BCUT2D eigenvalue weighted by Gasteiger charge is -2.10. The summed E-state index contributed by atoms with van der Waals surface area (Å²) in [6.45, 7) is 3.95. The summed E-state index contributed by atoms with van der Waals surface area (Å²) >= 11 is 0. The van der Waals surface area contributed by atoms with Crippen molar-refractivity contribution in [2.75, 3.05) is 5.32 Å². The highest BCUT2D eigenvalue weighted by Gasteiger charge is 2.07. The highest BCUT2D eigenvalue weighted by Crippen LogP contribution is 2.13. The number of anilines is 1. The van der Waals surface area contributed by atoms with Crippen LogP contribution in [0.3, 0.4) is 0 Å². The summed E-state index contributed by atoms with van der Waals surface area (Å²) in [5.41, 5.74) is 0.637. The largest absolute Gasteiger partial charge is 0.307 e. The molecular formula is C15H16FN3O. The lowest BCUT2D eigenvalue weighted by atomic mass is 10.2. The summed E-state index contributed by atoms with van der Waals surface area (Å²) in [5, 5.41) is 6.86. The zero-order valence-corrected chi connectivity index (χ0v) is 11.4. The van der Waals surface area contributed by atoms with E-state index in [4.69, 9.17) is 0 Å². The smallest absolute Gasteiger partial charge is 0.249 e. The van der Waals surface area contributed by atoms with Gasteiger partial charge in [0, 0.05) is 18.2 Å². The van der Waals surface area contributed by atoms with Crippen LogP contribution in [0.15, 0.2) is 42.6 Å². The molecule has 1 aromatic carbocycles. The molecular weight excluding hydrogens is 257 g/mol. The van der Waals surface area contributed by atoms with Gasteiger partial charge in [-0.05, 0) is 37.6 Å². The third-order valence-corrected chi connectivity index (χ3v) is 2.69. The number of carbonyl (C=O) groups is 1. The molecule has 20 heavy (non-hydrogen) atoms. The molecule has 5 heteroatoms. The van der Waals surface area contributed by atoms with Crippen LogP contribution >= 0.6 is 0 Å². The molecule has 2 rings (SSSR count). The Morgan fingerprint density at radius 1 is 1.40 bits per heavy atom. The molecule has 0 atom stereocenters. The maximum Gasteiger partial charge on any atom is 0.249 e. The van der Waals surface area contributed by atoms with Crippen molar-refractivity contribution in [3.63, 3.8) is 0 Å². The van der Waals surface area contributed by atoms with Gasteiger partial charge in [0.2, 0.25) is 5.91 Å². The van der Waals surface area contributed by atoms with E-state index in [9.17, 15) is 9.18 Å². The second-order valence-corrected chi connectivity index (χ2v) is 4.63. The van der Waals surface area contributed by atoms with Gasteiger partial charge < -0.3 is 5.32 Å². The molecule has 1 aromatic heterocycles. The number of nitrogens with one attached hydrogen (secondary N) is 1. The van der Waals surface area contributed by atoms with E-state index >= 15 is 0 Å². The summed E-state index contributed by atoms with van der Waals surface area (Å²) in [5.74, 6) is 0.0241. The number of nitrogens with zero attached hydrogens (tertiary/aromatic N) is 2. The highest BCUT2D eigenvalue weighted by molar-refractivity contribution is 6.01. The molecule has 0 radical (unpaired) electrons. The third kappa shape index (κ3) is 3.54. The van der Waals surface area contributed by atoms with E-state index in [1.54, 1.807) is 35.2 Å². The van der Waals surface area contributed by atoms with Crippen LogP contribution in [0.2, 0.25) is 0 Å². The summed E-state index contributed by atoms with van der Waals surface area (Å²) < 4.78 is 14.7. The summed E-state index contributed by atoms with van der Waals surface area (Å²) in [6, 6.07) is 7.94. The molecule has 1 amide bonds. The first-order chi connectivity index (χ1) is 9.56. The Hall–Kier alpha value is -2.43. The van der Waals surface area contributed by atoms with Crippen LogP contribution in [0.1, 0.15) is 25.5 Å². The summed E-state index contributed by atoms with van der Waals surface area (Å²) in [6.07, 6.45) is 4.56. The molecule has 0 bridgehead atoms. The van der Waals surface area contributed by atoms with Gasteiger partial charge in [-0.15, -0.1) is 0 Å². The van der Waals surface area contributed by atoms with Gasteiger partial charge in [-0.3, -0.25) is 4.79 Å². The van der Waals surface area contributed by atoms with Crippen LogP contribution in [-0.2, 0) is 4.79 Å². The number of halogens is 1. The van der Waals surface area contributed by atoms with E-state index in [0.29, 0.717) is 11.4 Å². The monoisotopic (exact) mass is 273 g/mol.